The maximum atomic E-state index is 13.1. The van der Waals surface area contributed by atoms with Gasteiger partial charge in [-0.15, -0.1) is 11.8 Å². The van der Waals surface area contributed by atoms with Crippen molar-refractivity contribution in [3.05, 3.63) is 59.2 Å². The number of anilines is 1. The van der Waals surface area contributed by atoms with Gasteiger partial charge in [0.25, 0.3) is 5.91 Å². The molecule has 1 heterocycles. The average molecular weight is 476 g/mol. The zero-order valence-corrected chi connectivity index (χ0v) is 20.6. The highest BCUT2D eigenvalue weighted by Crippen LogP contribution is 2.25. The van der Waals surface area contributed by atoms with E-state index in [0.29, 0.717) is 22.9 Å². The number of nitrogens with one attached hydrogen (secondary N) is 2. The SMILES string of the molecule is Cc1ccc(NC(=O)C2CSCN2C(=O)c2ccc(S(=O)(=O)NC(C)(C)C)cc2)cc1C. The van der Waals surface area contributed by atoms with Crippen LogP contribution in [0.1, 0.15) is 42.3 Å². The maximum Gasteiger partial charge on any atom is 0.255 e. The Kier molecular flexibility index (Phi) is 7.02. The summed E-state index contributed by atoms with van der Waals surface area (Å²) in [5.41, 5.74) is 2.64. The first kappa shape index (κ1) is 24.3. The number of hydrogen-bond acceptors (Lipinski definition) is 5. The van der Waals surface area contributed by atoms with Gasteiger partial charge in [-0.25, -0.2) is 13.1 Å². The minimum absolute atomic E-state index is 0.0869. The van der Waals surface area contributed by atoms with Crippen molar-refractivity contribution in [1.29, 1.82) is 0 Å². The van der Waals surface area contributed by atoms with E-state index in [-0.39, 0.29) is 16.7 Å². The fourth-order valence-electron chi connectivity index (χ4n) is 3.31. The number of sulfonamides is 1. The van der Waals surface area contributed by atoms with Crippen molar-refractivity contribution in [1.82, 2.24) is 9.62 Å². The molecule has 1 aliphatic heterocycles. The van der Waals surface area contributed by atoms with Crippen molar-refractivity contribution in [3.63, 3.8) is 0 Å². The molecule has 2 aromatic rings. The van der Waals surface area contributed by atoms with Crippen LogP contribution in [0.3, 0.4) is 0 Å². The van der Waals surface area contributed by atoms with Gasteiger partial charge < -0.3 is 10.2 Å². The first-order valence-corrected chi connectivity index (χ1v) is 12.9. The van der Waals surface area contributed by atoms with E-state index in [2.05, 4.69) is 10.0 Å². The normalized spacial score (nSPS) is 16.8. The molecule has 0 bridgehead atoms. The van der Waals surface area contributed by atoms with Crippen LogP contribution in [0.2, 0.25) is 0 Å². The van der Waals surface area contributed by atoms with E-state index in [1.807, 2.05) is 32.0 Å². The van der Waals surface area contributed by atoms with Crippen LogP contribution in [-0.2, 0) is 14.8 Å². The average Bonchev–Trinajstić information content (AvgIpc) is 3.18. The summed E-state index contributed by atoms with van der Waals surface area (Å²) in [4.78, 5) is 27.6. The van der Waals surface area contributed by atoms with Crippen LogP contribution in [-0.4, -0.2) is 48.3 Å². The Bertz CT molecular complexity index is 1120. The molecule has 1 fully saturated rings. The third-order valence-electron chi connectivity index (χ3n) is 5.07. The van der Waals surface area contributed by atoms with Crippen LogP contribution in [0.4, 0.5) is 5.69 Å². The van der Waals surface area contributed by atoms with Crippen molar-refractivity contribution in [2.75, 3.05) is 16.9 Å². The standard InChI is InChI=1S/C23H29N3O4S2/c1-15-6-9-18(12-16(15)2)24-21(27)20-13-31-14-26(20)22(28)17-7-10-19(11-8-17)32(29,30)25-23(3,4)5/h6-12,20,25H,13-14H2,1-5H3,(H,24,27). The molecule has 32 heavy (non-hydrogen) atoms. The molecule has 0 aromatic heterocycles. The van der Waals surface area contributed by atoms with Gasteiger partial charge in [0.2, 0.25) is 15.9 Å². The molecule has 0 saturated carbocycles. The van der Waals surface area contributed by atoms with Gasteiger partial charge in [0.1, 0.15) is 6.04 Å². The molecule has 9 heteroatoms. The molecule has 2 amide bonds. The Morgan fingerprint density at radius 3 is 2.28 bits per heavy atom. The molecule has 1 aliphatic rings. The van der Waals surface area contributed by atoms with Gasteiger partial charge >= 0.3 is 0 Å². The van der Waals surface area contributed by atoms with Crippen molar-refractivity contribution in [2.24, 2.45) is 0 Å². The Morgan fingerprint density at radius 1 is 1.03 bits per heavy atom. The predicted octanol–water partition coefficient (Wildman–Crippen LogP) is 3.53. The second-order valence-electron chi connectivity index (χ2n) is 8.96. The number of amides is 2. The molecule has 172 valence electrons. The van der Waals surface area contributed by atoms with Gasteiger partial charge in [-0.3, -0.25) is 9.59 Å². The zero-order chi connectivity index (χ0) is 23.7. The molecule has 2 aromatic carbocycles. The fourth-order valence-corrected chi connectivity index (χ4v) is 5.88. The van der Waals surface area contributed by atoms with Crippen LogP contribution in [0, 0.1) is 13.8 Å². The molecular weight excluding hydrogens is 446 g/mol. The highest BCUT2D eigenvalue weighted by molar-refractivity contribution is 7.99. The van der Waals surface area contributed by atoms with E-state index in [1.54, 1.807) is 20.8 Å². The van der Waals surface area contributed by atoms with Gasteiger partial charge in [-0.05, 0) is 82.1 Å². The predicted molar refractivity (Wildman–Crippen MR) is 128 cm³/mol. The molecule has 1 atom stereocenters. The molecule has 2 N–H and O–H groups in total. The van der Waals surface area contributed by atoms with E-state index in [0.717, 1.165) is 11.1 Å². The lowest BCUT2D eigenvalue weighted by molar-refractivity contribution is -0.119. The maximum absolute atomic E-state index is 13.1. The van der Waals surface area contributed by atoms with Crippen LogP contribution >= 0.6 is 11.8 Å². The number of nitrogens with zero attached hydrogens (tertiary/aromatic N) is 1. The second-order valence-corrected chi connectivity index (χ2v) is 11.6. The van der Waals surface area contributed by atoms with Crippen molar-refractivity contribution in [2.45, 2.75) is 51.1 Å². The highest BCUT2D eigenvalue weighted by Gasteiger charge is 2.35. The lowest BCUT2D eigenvalue weighted by atomic mass is 10.1. The van der Waals surface area contributed by atoms with Crippen LogP contribution in [0.25, 0.3) is 0 Å². The summed E-state index contributed by atoms with van der Waals surface area (Å²) >= 11 is 1.51. The number of hydrogen-bond donors (Lipinski definition) is 2. The molecule has 7 nitrogen and oxygen atoms in total. The number of thioether (sulfide) groups is 1. The van der Waals surface area contributed by atoms with E-state index < -0.39 is 21.6 Å². The van der Waals surface area contributed by atoms with Crippen LogP contribution < -0.4 is 10.0 Å². The van der Waals surface area contributed by atoms with Crippen LogP contribution in [0.15, 0.2) is 47.4 Å². The van der Waals surface area contributed by atoms with E-state index >= 15 is 0 Å². The number of carbonyl (C=O) groups excluding carboxylic acids is 2. The summed E-state index contributed by atoms with van der Waals surface area (Å²) in [5.74, 6) is 0.364. The number of benzene rings is 2. The quantitative estimate of drug-likeness (QED) is 0.690. The van der Waals surface area contributed by atoms with Crippen LogP contribution in [0.5, 0.6) is 0 Å². The molecule has 0 radical (unpaired) electrons. The summed E-state index contributed by atoms with van der Waals surface area (Å²) < 4.78 is 27.6. The van der Waals surface area contributed by atoms with E-state index in [9.17, 15) is 18.0 Å². The number of rotatable bonds is 5. The van der Waals surface area contributed by atoms with Crippen molar-refractivity contribution >= 4 is 39.3 Å². The fraction of sp³-hybridized carbons (Fsp3) is 0.391. The number of aryl methyl sites for hydroxylation is 2. The Hall–Kier alpha value is -2.36. The minimum atomic E-state index is -3.69. The first-order chi connectivity index (χ1) is 14.9. The minimum Gasteiger partial charge on any atom is -0.324 e. The Labute approximate surface area is 194 Å². The smallest absolute Gasteiger partial charge is 0.255 e. The lowest BCUT2D eigenvalue weighted by Gasteiger charge is -2.23. The summed E-state index contributed by atoms with van der Waals surface area (Å²) in [5, 5.41) is 2.91. The summed E-state index contributed by atoms with van der Waals surface area (Å²) in [6.45, 7) is 9.27. The Balaban J connectivity index is 1.73. The summed E-state index contributed by atoms with van der Waals surface area (Å²) in [6, 6.07) is 10.9. The van der Waals surface area contributed by atoms with Gasteiger partial charge in [-0.1, -0.05) is 6.07 Å². The van der Waals surface area contributed by atoms with Crippen molar-refractivity contribution in [3.8, 4) is 0 Å². The van der Waals surface area contributed by atoms with Gasteiger partial charge in [0.15, 0.2) is 0 Å². The molecular formula is C23H29N3O4S2. The van der Waals surface area contributed by atoms with E-state index in [1.165, 1.54) is 40.9 Å². The highest BCUT2D eigenvalue weighted by atomic mass is 32.2. The Morgan fingerprint density at radius 2 is 1.69 bits per heavy atom. The molecule has 0 aliphatic carbocycles. The van der Waals surface area contributed by atoms with Crippen molar-refractivity contribution < 1.29 is 18.0 Å². The summed E-state index contributed by atoms with van der Waals surface area (Å²) in [7, 11) is -3.69. The zero-order valence-electron chi connectivity index (χ0n) is 18.9. The third kappa shape index (κ3) is 5.70. The number of carbonyl (C=O) groups is 2. The molecule has 0 spiro atoms. The largest absolute Gasteiger partial charge is 0.324 e. The van der Waals surface area contributed by atoms with Gasteiger partial charge in [0, 0.05) is 22.5 Å². The summed E-state index contributed by atoms with van der Waals surface area (Å²) in [6.07, 6.45) is 0. The monoisotopic (exact) mass is 475 g/mol. The lowest BCUT2D eigenvalue weighted by Crippen LogP contribution is -2.44. The van der Waals surface area contributed by atoms with E-state index in [4.69, 9.17) is 0 Å². The third-order valence-corrected chi connectivity index (χ3v) is 7.86. The second kappa shape index (κ2) is 9.25. The topological polar surface area (TPSA) is 95.6 Å². The van der Waals surface area contributed by atoms with Gasteiger partial charge in [-0.2, -0.15) is 0 Å². The molecule has 3 rings (SSSR count). The van der Waals surface area contributed by atoms with Gasteiger partial charge in [0.05, 0.1) is 10.8 Å². The molecule has 1 saturated heterocycles. The first-order valence-electron chi connectivity index (χ1n) is 10.3. The molecule has 1 unspecified atom stereocenters.